The molecule has 0 radical (unpaired) electrons. The van der Waals surface area contributed by atoms with E-state index in [0.717, 1.165) is 17.1 Å². The second-order valence-corrected chi connectivity index (χ2v) is 2.49. The largest absolute Gasteiger partial charge is 0.512 e. The summed E-state index contributed by atoms with van der Waals surface area (Å²) in [5.41, 5.74) is 0.896. The summed E-state index contributed by atoms with van der Waals surface area (Å²) in [5, 5.41) is 14.8. The molecular weight excluding hydrogens is 180 g/mol. The Morgan fingerprint density at radius 1 is 1.36 bits per heavy atom. The van der Waals surface area contributed by atoms with Crippen LogP contribution < -0.4 is 9.47 Å². The Kier molecular flexibility index (Phi) is 3.34. The lowest BCUT2D eigenvalue weighted by atomic mass is 10.1. The molecule has 1 aromatic rings. The van der Waals surface area contributed by atoms with Crippen molar-refractivity contribution in [2.24, 2.45) is 0 Å². The third-order valence-corrected chi connectivity index (χ3v) is 1.75. The van der Waals surface area contributed by atoms with Gasteiger partial charge in [-0.15, -0.1) is 0 Å². The van der Waals surface area contributed by atoms with Gasteiger partial charge < -0.3 is 21.3 Å². The molecule has 4 heteroatoms. The van der Waals surface area contributed by atoms with Crippen LogP contribution in [0.2, 0.25) is 0 Å². The van der Waals surface area contributed by atoms with Crippen LogP contribution in [0.25, 0.3) is 0 Å². The Morgan fingerprint density at radius 3 is 2.86 bits per heavy atom. The van der Waals surface area contributed by atoms with Crippen molar-refractivity contribution in [3.8, 4) is 17.6 Å². The molecule has 2 rings (SSSR count). The molecule has 1 heterocycles. The number of hydrogen-bond donors (Lipinski definition) is 0. The van der Waals surface area contributed by atoms with E-state index < -0.39 is 0 Å². The Morgan fingerprint density at radius 2 is 2.14 bits per heavy atom. The first-order valence-electron chi connectivity index (χ1n) is 3.88. The van der Waals surface area contributed by atoms with E-state index in [1.54, 1.807) is 0 Å². The van der Waals surface area contributed by atoms with E-state index in [1.165, 1.54) is 0 Å². The third-order valence-electron chi connectivity index (χ3n) is 1.75. The molecule has 0 aromatic heterocycles. The van der Waals surface area contributed by atoms with Gasteiger partial charge in [0, 0.05) is 5.56 Å². The van der Waals surface area contributed by atoms with E-state index >= 15 is 0 Å². The molecule has 1 aromatic carbocycles. The maximum absolute atomic E-state index is 8.50. The Bertz CT molecular complexity index is 379. The highest BCUT2D eigenvalue weighted by Gasteiger charge is 2.16. The second-order valence-electron chi connectivity index (χ2n) is 2.49. The van der Waals surface area contributed by atoms with Gasteiger partial charge in [0.2, 0.25) is 6.79 Å². The summed E-state index contributed by atoms with van der Waals surface area (Å²) in [6, 6.07) is 7.65. The number of nitrogens with zero attached hydrogens (tertiary/aromatic N) is 2. The summed E-state index contributed by atoms with van der Waals surface area (Å²) in [5.74, 6) is 1.46. The summed E-state index contributed by atoms with van der Waals surface area (Å²) in [6.45, 7) is 5.01. The first kappa shape index (κ1) is 9.88. The Labute approximate surface area is 81.9 Å². The smallest absolute Gasteiger partial charge is 0.231 e. The minimum absolute atomic E-state index is 0.262. The van der Waals surface area contributed by atoms with Crippen molar-refractivity contribution in [1.82, 2.24) is 0 Å². The van der Waals surface area contributed by atoms with Gasteiger partial charge >= 0.3 is 0 Å². The van der Waals surface area contributed by atoms with Gasteiger partial charge in [-0.1, -0.05) is 12.1 Å². The van der Waals surface area contributed by atoms with Gasteiger partial charge in [-0.3, -0.25) is 0 Å². The standard InChI is InChI=1S/C9H7NO2.CN/c10-5-4-7-2-1-3-8-9(7)12-6-11-8;1-2/h1-3H,4,6H2;/q;-1. The number of para-hydroxylation sites is 1. The van der Waals surface area contributed by atoms with Crippen molar-refractivity contribution in [2.45, 2.75) is 6.42 Å². The highest BCUT2D eigenvalue weighted by atomic mass is 16.7. The molecule has 70 valence electrons. The topological polar surface area (TPSA) is 66.0 Å². The minimum atomic E-state index is 0.262. The zero-order valence-electron chi connectivity index (χ0n) is 7.36. The predicted octanol–water partition coefficient (Wildman–Crippen LogP) is 1.58. The molecule has 0 saturated carbocycles. The van der Waals surface area contributed by atoms with Gasteiger partial charge in [-0.05, 0) is 6.07 Å². The highest BCUT2D eigenvalue weighted by Crippen LogP contribution is 2.35. The molecule has 0 bridgehead atoms. The molecule has 0 unspecified atom stereocenters. The van der Waals surface area contributed by atoms with Gasteiger partial charge in [-0.2, -0.15) is 5.26 Å². The van der Waals surface area contributed by atoms with Crippen LogP contribution >= 0.6 is 0 Å². The lowest BCUT2D eigenvalue weighted by Crippen LogP contribution is -1.94. The van der Waals surface area contributed by atoms with Crippen LogP contribution in [0.1, 0.15) is 5.56 Å². The first-order chi connectivity index (χ1) is 6.92. The van der Waals surface area contributed by atoms with Crippen LogP contribution in [0.4, 0.5) is 0 Å². The minimum Gasteiger partial charge on any atom is -0.512 e. The van der Waals surface area contributed by atoms with Crippen molar-refractivity contribution in [3.63, 3.8) is 0 Å². The fourth-order valence-corrected chi connectivity index (χ4v) is 1.22. The molecule has 1 aliphatic rings. The average molecular weight is 187 g/mol. The number of hydrogen-bond acceptors (Lipinski definition) is 4. The second kappa shape index (κ2) is 4.74. The highest BCUT2D eigenvalue weighted by molar-refractivity contribution is 5.48. The average Bonchev–Trinajstić information content (AvgIpc) is 2.70. The Hall–Kier alpha value is -2.20. The maximum atomic E-state index is 8.50. The van der Waals surface area contributed by atoms with Crippen molar-refractivity contribution >= 4 is 0 Å². The normalized spacial score (nSPS) is 10.9. The molecule has 1 aliphatic heterocycles. The lowest BCUT2D eigenvalue weighted by molar-refractivity contribution is 0.173. The summed E-state index contributed by atoms with van der Waals surface area (Å²) in [6.07, 6.45) is 0.368. The molecule has 0 atom stereocenters. The molecule has 0 aliphatic carbocycles. The third kappa shape index (κ3) is 1.75. The monoisotopic (exact) mass is 187 g/mol. The number of benzene rings is 1. The molecule has 0 N–H and O–H groups in total. The van der Waals surface area contributed by atoms with E-state index in [2.05, 4.69) is 6.07 Å². The fraction of sp³-hybridized carbons (Fsp3) is 0.200. The Balaban J connectivity index is 0.000000461. The molecule has 0 saturated heterocycles. The van der Waals surface area contributed by atoms with Gasteiger partial charge in [0.05, 0.1) is 12.5 Å². The molecule has 14 heavy (non-hydrogen) atoms. The van der Waals surface area contributed by atoms with E-state index in [-0.39, 0.29) is 6.79 Å². The van der Waals surface area contributed by atoms with Crippen molar-refractivity contribution in [3.05, 3.63) is 30.3 Å². The number of ether oxygens (including phenoxy) is 2. The van der Waals surface area contributed by atoms with Crippen LogP contribution in [-0.2, 0) is 6.42 Å². The number of nitriles is 1. The number of fused-ring (bicyclic) bond motifs is 1. The van der Waals surface area contributed by atoms with E-state index in [9.17, 15) is 0 Å². The van der Waals surface area contributed by atoms with Crippen LogP contribution in [0.5, 0.6) is 11.5 Å². The van der Waals surface area contributed by atoms with E-state index in [4.69, 9.17) is 26.6 Å². The first-order valence-corrected chi connectivity index (χ1v) is 3.88. The zero-order valence-corrected chi connectivity index (χ0v) is 7.36. The van der Waals surface area contributed by atoms with Crippen molar-refractivity contribution in [1.29, 1.82) is 10.5 Å². The van der Waals surface area contributed by atoms with Crippen LogP contribution in [-0.4, -0.2) is 6.79 Å². The maximum Gasteiger partial charge on any atom is 0.231 e. The van der Waals surface area contributed by atoms with Crippen molar-refractivity contribution < 1.29 is 9.47 Å². The van der Waals surface area contributed by atoms with Gasteiger partial charge in [-0.25, -0.2) is 0 Å². The molecule has 0 fully saturated rings. The summed E-state index contributed by atoms with van der Waals surface area (Å²) >= 11 is 0. The van der Waals surface area contributed by atoms with Gasteiger partial charge in [0.1, 0.15) is 0 Å². The van der Waals surface area contributed by atoms with Crippen LogP contribution in [0.3, 0.4) is 0 Å². The quantitative estimate of drug-likeness (QED) is 0.626. The van der Waals surface area contributed by atoms with Crippen molar-refractivity contribution in [2.75, 3.05) is 6.79 Å². The molecular formula is C10H7N2O2-. The van der Waals surface area contributed by atoms with E-state index in [1.807, 2.05) is 18.2 Å². The summed E-state index contributed by atoms with van der Waals surface area (Å²) in [7, 11) is 0. The lowest BCUT2D eigenvalue weighted by Gasteiger charge is -1.99. The van der Waals surface area contributed by atoms with Gasteiger partial charge in [0.15, 0.2) is 11.5 Å². The number of rotatable bonds is 1. The molecule has 4 nitrogen and oxygen atoms in total. The summed E-state index contributed by atoms with van der Waals surface area (Å²) < 4.78 is 10.4. The van der Waals surface area contributed by atoms with Gasteiger partial charge in [0.25, 0.3) is 0 Å². The predicted molar refractivity (Wildman–Crippen MR) is 46.9 cm³/mol. The molecule has 0 amide bonds. The fourth-order valence-electron chi connectivity index (χ4n) is 1.22. The van der Waals surface area contributed by atoms with Crippen LogP contribution in [0.15, 0.2) is 18.2 Å². The summed E-state index contributed by atoms with van der Waals surface area (Å²) in [4.78, 5) is 0. The SMILES string of the molecule is N#CCc1cccc2c1OCO2.[C-]#N. The zero-order chi connectivity index (χ0) is 10.4. The molecule has 0 spiro atoms. The van der Waals surface area contributed by atoms with E-state index in [0.29, 0.717) is 6.42 Å². The van der Waals surface area contributed by atoms with Crippen LogP contribution in [0, 0.1) is 23.2 Å².